The highest BCUT2D eigenvalue weighted by atomic mass is 16.6. The molecule has 0 unspecified atom stereocenters. The number of esters is 1. The van der Waals surface area contributed by atoms with Gasteiger partial charge in [-0.1, -0.05) is 0 Å². The molecular weight excluding hydrogens is 258 g/mol. The zero-order chi connectivity index (χ0) is 15.0. The van der Waals surface area contributed by atoms with E-state index in [0.717, 1.165) is 18.4 Å². The lowest BCUT2D eigenvalue weighted by molar-refractivity contribution is -0.137. The van der Waals surface area contributed by atoms with Crippen molar-refractivity contribution in [1.29, 1.82) is 0 Å². The minimum atomic E-state index is -0.499. The van der Waals surface area contributed by atoms with Crippen LogP contribution in [0.15, 0.2) is 11.6 Å². The second-order valence-electron chi connectivity index (χ2n) is 6.54. The zero-order valence-corrected chi connectivity index (χ0v) is 12.7. The lowest BCUT2D eigenvalue weighted by atomic mass is 10.00. The monoisotopic (exact) mass is 281 g/mol. The summed E-state index contributed by atoms with van der Waals surface area (Å²) in [5, 5.41) is 0. The van der Waals surface area contributed by atoms with E-state index in [-0.39, 0.29) is 17.5 Å². The third kappa shape index (κ3) is 3.32. The molecule has 1 aliphatic heterocycles. The Kier molecular flexibility index (Phi) is 3.80. The third-order valence-electron chi connectivity index (χ3n) is 3.62. The molecule has 5 nitrogen and oxygen atoms in total. The van der Waals surface area contributed by atoms with Crippen molar-refractivity contribution in [1.82, 2.24) is 4.90 Å². The molecule has 2 aliphatic rings. The molecule has 1 heterocycles. The van der Waals surface area contributed by atoms with Crippen LogP contribution in [-0.2, 0) is 14.3 Å². The summed E-state index contributed by atoms with van der Waals surface area (Å²) in [6.07, 6.45) is 3.30. The summed E-state index contributed by atoms with van der Waals surface area (Å²) in [5.41, 5.74) is 0.507. The largest absolute Gasteiger partial charge is 0.463 e. The molecule has 2 rings (SSSR count). The Bertz CT molecular complexity index is 443. The number of rotatable bonds is 2. The van der Waals surface area contributed by atoms with Gasteiger partial charge in [0.1, 0.15) is 5.60 Å². The topological polar surface area (TPSA) is 55.8 Å². The van der Waals surface area contributed by atoms with Gasteiger partial charge in [-0.3, -0.25) is 0 Å². The van der Waals surface area contributed by atoms with Crippen molar-refractivity contribution in [2.45, 2.75) is 46.1 Å². The number of carbonyl (C=O) groups excluding carboxylic acids is 2. The predicted octanol–water partition coefficient (Wildman–Crippen LogP) is 2.51. The van der Waals surface area contributed by atoms with Crippen molar-refractivity contribution < 1.29 is 19.1 Å². The Labute approximate surface area is 119 Å². The van der Waals surface area contributed by atoms with Gasteiger partial charge in [-0.15, -0.1) is 0 Å². The first kappa shape index (κ1) is 14.9. The number of ether oxygens (including phenoxy) is 2. The lowest BCUT2D eigenvalue weighted by Crippen LogP contribution is -2.35. The summed E-state index contributed by atoms with van der Waals surface area (Å²) in [6.45, 7) is 8.81. The molecule has 1 amide bonds. The van der Waals surface area contributed by atoms with Gasteiger partial charge in [-0.05, 0) is 46.1 Å². The molecule has 1 spiro atoms. The van der Waals surface area contributed by atoms with Crippen LogP contribution in [-0.4, -0.2) is 42.3 Å². The fraction of sp³-hybridized carbons (Fsp3) is 0.733. The van der Waals surface area contributed by atoms with Gasteiger partial charge in [0.25, 0.3) is 0 Å². The van der Waals surface area contributed by atoms with Crippen LogP contribution in [0.3, 0.4) is 0 Å². The number of nitrogens with zero attached hydrogens (tertiary/aromatic N) is 1. The molecule has 5 heteroatoms. The number of hydrogen-bond donors (Lipinski definition) is 0. The van der Waals surface area contributed by atoms with Gasteiger partial charge in [0.2, 0.25) is 0 Å². The van der Waals surface area contributed by atoms with Crippen molar-refractivity contribution in [3.05, 3.63) is 11.6 Å². The van der Waals surface area contributed by atoms with Crippen molar-refractivity contribution in [3.63, 3.8) is 0 Å². The fourth-order valence-corrected chi connectivity index (χ4v) is 2.51. The molecule has 0 radical (unpaired) electrons. The average molecular weight is 281 g/mol. The SMILES string of the molecule is CCOC(=O)/C=C1/CN(C(=O)OC(C)(C)C)CC12CC2. The Morgan fingerprint density at radius 3 is 2.50 bits per heavy atom. The number of carbonyl (C=O) groups is 2. The second-order valence-corrected chi connectivity index (χ2v) is 6.54. The quantitative estimate of drug-likeness (QED) is 0.576. The van der Waals surface area contributed by atoms with Crippen LogP contribution < -0.4 is 0 Å². The minimum absolute atomic E-state index is 0.00364. The summed E-state index contributed by atoms with van der Waals surface area (Å²) in [5.74, 6) is -0.320. The van der Waals surface area contributed by atoms with Crippen molar-refractivity contribution in [2.24, 2.45) is 5.41 Å². The highest BCUT2D eigenvalue weighted by molar-refractivity contribution is 5.84. The highest BCUT2D eigenvalue weighted by Gasteiger charge is 2.53. The van der Waals surface area contributed by atoms with Gasteiger partial charge in [0.15, 0.2) is 0 Å². The Morgan fingerprint density at radius 2 is 2.00 bits per heavy atom. The maximum absolute atomic E-state index is 12.1. The average Bonchev–Trinajstić information content (AvgIpc) is 2.96. The van der Waals surface area contributed by atoms with E-state index in [0.29, 0.717) is 19.7 Å². The molecule has 0 aromatic rings. The molecule has 2 fully saturated rings. The normalized spacial score (nSPS) is 22.2. The molecule has 1 aliphatic carbocycles. The Morgan fingerprint density at radius 1 is 1.35 bits per heavy atom. The maximum atomic E-state index is 12.1. The van der Waals surface area contributed by atoms with E-state index in [2.05, 4.69) is 0 Å². The number of likely N-dealkylation sites (tertiary alicyclic amines) is 1. The summed E-state index contributed by atoms with van der Waals surface area (Å²) >= 11 is 0. The van der Waals surface area contributed by atoms with Crippen LogP contribution in [0, 0.1) is 5.41 Å². The van der Waals surface area contributed by atoms with Gasteiger partial charge >= 0.3 is 12.1 Å². The summed E-state index contributed by atoms with van der Waals surface area (Å²) in [4.78, 5) is 25.4. The van der Waals surface area contributed by atoms with Crippen molar-refractivity contribution in [3.8, 4) is 0 Å². The molecule has 0 atom stereocenters. The summed E-state index contributed by atoms with van der Waals surface area (Å²) in [6, 6.07) is 0. The Hall–Kier alpha value is -1.52. The molecule has 112 valence electrons. The van der Waals surface area contributed by atoms with Crippen LogP contribution >= 0.6 is 0 Å². The third-order valence-corrected chi connectivity index (χ3v) is 3.62. The molecule has 0 aromatic heterocycles. The van der Waals surface area contributed by atoms with Crippen LogP contribution in [0.2, 0.25) is 0 Å². The molecule has 0 aromatic carbocycles. The van der Waals surface area contributed by atoms with E-state index in [9.17, 15) is 9.59 Å². The van der Waals surface area contributed by atoms with Crippen LogP contribution in [0.25, 0.3) is 0 Å². The predicted molar refractivity (Wildman–Crippen MR) is 74.2 cm³/mol. The molecule has 1 saturated carbocycles. The first-order chi connectivity index (χ1) is 9.26. The van der Waals surface area contributed by atoms with E-state index >= 15 is 0 Å². The molecule has 1 saturated heterocycles. The smallest absolute Gasteiger partial charge is 0.410 e. The van der Waals surface area contributed by atoms with Crippen molar-refractivity contribution in [2.75, 3.05) is 19.7 Å². The van der Waals surface area contributed by atoms with Gasteiger partial charge < -0.3 is 14.4 Å². The minimum Gasteiger partial charge on any atom is -0.463 e. The molecule has 0 bridgehead atoms. The Balaban J connectivity index is 2.04. The van der Waals surface area contributed by atoms with E-state index in [1.165, 1.54) is 0 Å². The molecule has 20 heavy (non-hydrogen) atoms. The van der Waals surface area contributed by atoms with E-state index < -0.39 is 5.60 Å². The number of amides is 1. The fourth-order valence-electron chi connectivity index (χ4n) is 2.51. The summed E-state index contributed by atoms with van der Waals surface area (Å²) < 4.78 is 10.3. The first-order valence-corrected chi connectivity index (χ1v) is 7.11. The molecular formula is C15H23NO4. The lowest BCUT2D eigenvalue weighted by Gasteiger charge is -2.24. The summed E-state index contributed by atoms with van der Waals surface area (Å²) in [7, 11) is 0. The van der Waals surface area contributed by atoms with Gasteiger partial charge in [-0.2, -0.15) is 0 Å². The van der Waals surface area contributed by atoms with Crippen LogP contribution in [0.1, 0.15) is 40.5 Å². The highest BCUT2D eigenvalue weighted by Crippen LogP contribution is 2.56. The van der Waals surface area contributed by atoms with E-state index in [1.807, 2.05) is 20.8 Å². The van der Waals surface area contributed by atoms with E-state index in [4.69, 9.17) is 9.47 Å². The van der Waals surface area contributed by atoms with E-state index in [1.54, 1.807) is 17.9 Å². The zero-order valence-electron chi connectivity index (χ0n) is 12.7. The second kappa shape index (κ2) is 5.11. The first-order valence-electron chi connectivity index (χ1n) is 7.11. The van der Waals surface area contributed by atoms with Gasteiger partial charge in [0, 0.05) is 24.6 Å². The maximum Gasteiger partial charge on any atom is 0.410 e. The van der Waals surface area contributed by atoms with Gasteiger partial charge in [-0.25, -0.2) is 9.59 Å². The van der Waals surface area contributed by atoms with Gasteiger partial charge in [0.05, 0.1) is 6.61 Å². The standard InChI is InChI=1S/C15H23NO4/c1-5-19-12(17)8-11-9-16(10-15(11)6-7-15)13(18)20-14(2,3)4/h8H,5-7,9-10H2,1-4H3/b11-8-. The van der Waals surface area contributed by atoms with Crippen LogP contribution in [0.5, 0.6) is 0 Å². The molecule has 0 N–H and O–H groups in total. The van der Waals surface area contributed by atoms with Crippen molar-refractivity contribution >= 4 is 12.1 Å². The van der Waals surface area contributed by atoms with Crippen LogP contribution in [0.4, 0.5) is 4.79 Å². The number of hydrogen-bond acceptors (Lipinski definition) is 4.